The molecule has 1 unspecified atom stereocenters. The number of aliphatic imine (C=N–C) groups is 1. The van der Waals surface area contributed by atoms with Crippen molar-refractivity contribution < 1.29 is 4.79 Å². The van der Waals surface area contributed by atoms with E-state index in [9.17, 15) is 4.79 Å². The summed E-state index contributed by atoms with van der Waals surface area (Å²) >= 11 is 0. The molecule has 0 saturated carbocycles. The van der Waals surface area contributed by atoms with Crippen LogP contribution in [-0.2, 0) is 4.79 Å². The van der Waals surface area contributed by atoms with Crippen LogP contribution in [0.25, 0.3) is 0 Å². The van der Waals surface area contributed by atoms with E-state index in [1.54, 1.807) is 0 Å². The summed E-state index contributed by atoms with van der Waals surface area (Å²) in [4.78, 5) is 21.4. The molecule has 1 heterocycles. The maximum absolute atomic E-state index is 12.0. The van der Waals surface area contributed by atoms with Crippen LogP contribution in [0.3, 0.4) is 0 Å². The zero-order valence-corrected chi connectivity index (χ0v) is 20.6. The Balaban J connectivity index is 0.00000676. The van der Waals surface area contributed by atoms with Gasteiger partial charge in [0.15, 0.2) is 5.96 Å². The lowest BCUT2D eigenvalue weighted by molar-refractivity contribution is -0.121. The number of carbonyl (C=O) groups is 1. The van der Waals surface area contributed by atoms with Crippen LogP contribution < -0.4 is 16.0 Å². The molecule has 0 radical (unpaired) electrons. The Morgan fingerprint density at radius 1 is 1.11 bits per heavy atom. The van der Waals surface area contributed by atoms with E-state index in [1.807, 2.05) is 27.7 Å². The van der Waals surface area contributed by atoms with Crippen molar-refractivity contribution in [2.75, 3.05) is 52.9 Å². The quantitative estimate of drug-likeness (QED) is 0.282. The third kappa shape index (κ3) is 11.1. The molecule has 1 rings (SSSR count). The van der Waals surface area contributed by atoms with Gasteiger partial charge in [-0.05, 0) is 40.7 Å². The number of amides is 1. The second-order valence-electron chi connectivity index (χ2n) is 8.52. The molecule has 0 aliphatic carbocycles. The summed E-state index contributed by atoms with van der Waals surface area (Å²) in [5.41, 5.74) is -0.234. The van der Waals surface area contributed by atoms with Crippen LogP contribution in [0.1, 0.15) is 41.5 Å². The molecule has 1 saturated heterocycles. The summed E-state index contributed by atoms with van der Waals surface area (Å²) in [6.07, 6.45) is 0. The molecular weight excluding hydrogens is 455 g/mol. The number of nitrogens with one attached hydrogen (secondary N) is 3. The van der Waals surface area contributed by atoms with E-state index in [4.69, 9.17) is 0 Å². The number of hydrogen-bond donors (Lipinski definition) is 3. The first kappa shape index (κ1) is 26.4. The molecule has 1 fully saturated rings. The monoisotopic (exact) mass is 496 g/mol. The lowest BCUT2D eigenvalue weighted by Crippen LogP contribution is -2.55. The highest BCUT2D eigenvalue weighted by molar-refractivity contribution is 14.0. The minimum atomic E-state index is -0.234. The number of nitrogens with zero attached hydrogens (tertiary/aromatic N) is 3. The first-order chi connectivity index (χ1) is 12.1. The van der Waals surface area contributed by atoms with Gasteiger partial charge in [-0.15, -0.1) is 24.0 Å². The molecule has 1 atom stereocenters. The number of rotatable bonds is 7. The van der Waals surface area contributed by atoms with E-state index in [0.29, 0.717) is 17.9 Å². The minimum Gasteiger partial charge on any atom is -0.357 e. The van der Waals surface area contributed by atoms with Crippen LogP contribution in [-0.4, -0.2) is 86.1 Å². The van der Waals surface area contributed by atoms with Crippen molar-refractivity contribution in [2.45, 2.75) is 53.1 Å². The number of guanidine groups is 1. The van der Waals surface area contributed by atoms with Gasteiger partial charge in [0, 0.05) is 50.8 Å². The van der Waals surface area contributed by atoms with Gasteiger partial charge in [-0.3, -0.25) is 9.69 Å². The smallest absolute Gasteiger partial charge is 0.242 e. The van der Waals surface area contributed by atoms with E-state index < -0.39 is 0 Å². The van der Waals surface area contributed by atoms with Crippen molar-refractivity contribution in [2.24, 2.45) is 10.9 Å². The highest BCUT2D eigenvalue weighted by Crippen LogP contribution is 2.12. The Labute approximate surface area is 183 Å². The van der Waals surface area contributed by atoms with Crippen LogP contribution in [0.4, 0.5) is 0 Å². The molecule has 3 N–H and O–H groups in total. The Kier molecular flexibility index (Phi) is 12.5. The van der Waals surface area contributed by atoms with Crippen molar-refractivity contribution in [3.05, 3.63) is 0 Å². The largest absolute Gasteiger partial charge is 0.357 e. The van der Waals surface area contributed by atoms with Crippen molar-refractivity contribution in [3.63, 3.8) is 0 Å². The summed E-state index contributed by atoms with van der Waals surface area (Å²) < 4.78 is 0. The van der Waals surface area contributed by atoms with Crippen LogP contribution in [0.2, 0.25) is 0 Å². The zero-order chi connectivity index (χ0) is 19.7. The van der Waals surface area contributed by atoms with E-state index in [-0.39, 0.29) is 42.0 Å². The van der Waals surface area contributed by atoms with Crippen molar-refractivity contribution >= 4 is 35.8 Å². The molecule has 0 spiro atoms. The topological polar surface area (TPSA) is 72.0 Å². The summed E-state index contributed by atoms with van der Waals surface area (Å²) in [6.45, 7) is 18.7. The first-order valence-corrected chi connectivity index (χ1v) is 9.88. The summed E-state index contributed by atoms with van der Waals surface area (Å²) in [5.74, 6) is 1.20. The third-order valence-corrected chi connectivity index (χ3v) is 4.49. The lowest BCUT2D eigenvalue weighted by atomic mass is 10.0. The SMILES string of the molecule is CCNC(=NCC(=O)NC(C)(C)C)NCC(C(C)C)N1CCN(C)CC1.I. The number of halogens is 1. The van der Waals surface area contributed by atoms with Gasteiger partial charge in [-0.2, -0.15) is 0 Å². The molecule has 0 bridgehead atoms. The van der Waals surface area contributed by atoms with E-state index in [1.165, 1.54) is 0 Å². The summed E-state index contributed by atoms with van der Waals surface area (Å²) in [5, 5.41) is 9.61. The van der Waals surface area contributed by atoms with Crippen LogP contribution in [0.5, 0.6) is 0 Å². The zero-order valence-electron chi connectivity index (χ0n) is 18.3. The van der Waals surface area contributed by atoms with Gasteiger partial charge in [-0.1, -0.05) is 13.8 Å². The van der Waals surface area contributed by atoms with E-state index >= 15 is 0 Å². The number of hydrogen-bond acceptors (Lipinski definition) is 4. The molecule has 1 aliphatic rings. The number of carbonyl (C=O) groups excluding carboxylic acids is 1. The average Bonchev–Trinajstić information content (AvgIpc) is 2.52. The predicted molar refractivity (Wildman–Crippen MR) is 125 cm³/mol. The van der Waals surface area contributed by atoms with Gasteiger partial charge in [0.2, 0.25) is 5.91 Å². The van der Waals surface area contributed by atoms with Gasteiger partial charge >= 0.3 is 0 Å². The normalized spacial score (nSPS) is 18.0. The van der Waals surface area contributed by atoms with Crippen LogP contribution >= 0.6 is 24.0 Å². The van der Waals surface area contributed by atoms with E-state index in [2.05, 4.69) is 51.6 Å². The maximum atomic E-state index is 12.0. The van der Waals surface area contributed by atoms with Gasteiger partial charge in [0.25, 0.3) is 0 Å². The Hall–Kier alpha value is -0.610. The fourth-order valence-electron chi connectivity index (χ4n) is 3.09. The molecule has 1 amide bonds. The molecule has 1 aliphatic heterocycles. The van der Waals surface area contributed by atoms with Gasteiger partial charge in [0.1, 0.15) is 6.54 Å². The molecular formula is C19H41IN6O. The van der Waals surface area contributed by atoms with Crippen LogP contribution in [0, 0.1) is 5.92 Å². The lowest BCUT2D eigenvalue weighted by Gasteiger charge is -2.40. The predicted octanol–water partition coefficient (Wildman–Crippen LogP) is 1.35. The van der Waals surface area contributed by atoms with Crippen molar-refractivity contribution in [3.8, 4) is 0 Å². The Morgan fingerprint density at radius 2 is 1.70 bits per heavy atom. The fraction of sp³-hybridized carbons (Fsp3) is 0.895. The number of piperazine rings is 1. The first-order valence-electron chi connectivity index (χ1n) is 9.88. The van der Waals surface area contributed by atoms with Gasteiger partial charge in [-0.25, -0.2) is 4.99 Å². The van der Waals surface area contributed by atoms with Crippen molar-refractivity contribution in [1.82, 2.24) is 25.8 Å². The Morgan fingerprint density at radius 3 is 2.19 bits per heavy atom. The van der Waals surface area contributed by atoms with Crippen molar-refractivity contribution in [1.29, 1.82) is 0 Å². The Bertz CT molecular complexity index is 456. The minimum absolute atomic E-state index is 0. The average molecular weight is 496 g/mol. The molecule has 160 valence electrons. The molecule has 0 aromatic heterocycles. The maximum Gasteiger partial charge on any atom is 0.242 e. The second-order valence-corrected chi connectivity index (χ2v) is 8.52. The third-order valence-electron chi connectivity index (χ3n) is 4.49. The van der Waals surface area contributed by atoms with Gasteiger partial charge in [0.05, 0.1) is 0 Å². The summed E-state index contributed by atoms with van der Waals surface area (Å²) in [7, 11) is 2.18. The van der Waals surface area contributed by atoms with Crippen LogP contribution in [0.15, 0.2) is 4.99 Å². The standard InChI is InChI=1S/C19H40N6O.HI/c1-8-20-18(22-14-17(26)23-19(4,5)6)21-13-16(15(2)3)25-11-9-24(7)10-12-25;/h15-16H,8-14H2,1-7H3,(H,23,26)(H2,20,21,22);1H. The summed E-state index contributed by atoms with van der Waals surface area (Å²) in [6, 6.07) is 0.455. The highest BCUT2D eigenvalue weighted by Gasteiger charge is 2.25. The second kappa shape index (κ2) is 12.8. The van der Waals surface area contributed by atoms with Gasteiger partial charge < -0.3 is 20.9 Å². The number of likely N-dealkylation sites (N-methyl/N-ethyl adjacent to an activating group) is 1. The fourth-order valence-corrected chi connectivity index (χ4v) is 3.09. The molecule has 7 nitrogen and oxygen atoms in total. The molecule has 8 heteroatoms. The molecule has 0 aromatic carbocycles. The highest BCUT2D eigenvalue weighted by atomic mass is 127. The van der Waals surface area contributed by atoms with E-state index in [0.717, 1.165) is 39.3 Å². The molecule has 0 aromatic rings. The molecule has 27 heavy (non-hydrogen) atoms.